The molecule has 0 bridgehead atoms. The highest BCUT2D eigenvalue weighted by atomic mass is 14.8. The molecule has 0 amide bonds. The predicted octanol–water partition coefficient (Wildman–Crippen LogP) is 2.67. The molecule has 0 aliphatic heterocycles. The quantitative estimate of drug-likeness (QED) is 0.881. The lowest BCUT2D eigenvalue weighted by Gasteiger charge is -2.45. The molecule has 2 aromatic carbocycles. The standard InChI is InChI=1S/C17H22N2/c1-16(2,19)17(13-18,14-9-5-3-6-10-14)15-11-7-4-8-12-15/h3-12H,13,18-19H2,1-2H3. The van der Waals surface area contributed by atoms with Crippen molar-refractivity contribution in [1.29, 1.82) is 0 Å². The lowest BCUT2D eigenvalue weighted by Crippen LogP contribution is -2.58. The molecule has 0 saturated carbocycles. The highest BCUT2D eigenvalue weighted by Gasteiger charge is 2.44. The van der Waals surface area contributed by atoms with Crippen LogP contribution in [0.5, 0.6) is 0 Å². The Morgan fingerprint density at radius 3 is 1.42 bits per heavy atom. The van der Waals surface area contributed by atoms with Crippen molar-refractivity contribution >= 4 is 0 Å². The van der Waals surface area contributed by atoms with Crippen LogP contribution >= 0.6 is 0 Å². The minimum atomic E-state index is -0.454. The monoisotopic (exact) mass is 254 g/mol. The molecular formula is C17H22N2. The van der Waals surface area contributed by atoms with Gasteiger partial charge in [-0.15, -0.1) is 0 Å². The summed E-state index contributed by atoms with van der Waals surface area (Å²) in [6.45, 7) is 4.56. The van der Waals surface area contributed by atoms with Crippen molar-refractivity contribution < 1.29 is 0 Å². The van der Waals surface area contributed by atoms with Crippen molar-refractivity contribution in [2.45, 2.75) is 24.8 Å². The van der Waals surface area contributed by atoms with Crippen LogP contribution in [0.1, 0.15) is 25.0 Å². The van der Waals surface area contributed by atoms with Gasteiger partial charge in [0.1, 0.15) is 0 Å². The molecule has 4 N–H and O–H groups in total. The fourth-order valence-corrected chi connectivity index (χ4v) is 2.85. The molecule has 2 aromatic rings. The van der Waals surface area contributed by atoms with Gasteiger partial charge in [0.05, 0.1) is 0 Å². The normalized spacial score (nSPS) is 12.4. The van der Waals surface area contributed by atoms with E-state index in [1.165, 1.54) is 0 Å². The second kappa shape index (κ2) is 5.16. The number of nitrogens with two attached hydrogens (primary N) is 2. The van der Waals surface area contributed by atoms with Crippen LogP contribution in [0.15, 0.2) is 60.7 Å². The second-order valence-electron chi connectivity index (χ2n) is 5.56. The van der Waals surface area contributed by atoms with Crippen molar-refractivity contribution in [2.24, 2.45) is 11.5 Å². The number of hydrogen-bond acceptors (Lipinski definition) is 2. The minimum absolute atomic E-state index is 0.379. The summed E-state index contributed by atoms with van der Waals surface area (Å²) < 4.78 is 0. The van der Waals surface area contributed by atoms with Crippen LogP contribution in [-0.4, -0.2) is 12.1 Å². The van der Waals surface area contributed by atoms with E-state index < -0.39 is 5.54 Å². The molecule has 100 valence electrons. The zero-order valence-corrected chi connectivity index (χ0v) is 11.6. The largest absolute Gasteiger partial charge is 0.329 e. The van der Waals surface area contributed by atoms with Crippen LogP contribution in [0, 0.1) is 0 Å². The van der Waals surface area contributed by atoms with Gasteiger partial charge in [0.2, 0.25) is 0 Å². The summed E-state index contributed by atoms with van der Waals surface area (Å²) in [6, 6.07) is 20.6. The van der Waals surface area contributed by atoms with Gasteiger partial charge in [-0.3, -0.25) is 0 Å². The van der Waals surface area contributed by atoms with Crippen molar-refractivity contribution in [2.75, 3.05) is 6.54 Å². The van der Waals surface area contributed by atoms with Gasteiger partial charge in [-0.2, -0.15) is 0 Å². The van der Waals surface area contributed by atoms with E-state index in [1.807, 2.05) is 50.2 Å². The second-order valence-corrected chi connectivity index (χ2v) is 5.56. The Labute approximate surface area is 115 Å². The summed E-state index contributed by atoms with van der Waals surface area (Å²) in [5.41, 5.74) is 14.2. The Kier molecular flexibility index (Phi) is 3.74. The predicted molar refractivity (Wildman–Crippen MR) is 81.0 cm³/mol. The van der Waals surface area contributed by atoms with Crippen molar-refractivity contribution in [3.8, 4) is 0 Å². The first-order valence-electron chi connectivity index (χ1n) is 6.62. The van der Waals surface area contributed by atoms with Gasteiger partial charge in [0.15, 0.2) is 0 Å². The van der Waals surface area contributed by atoms with Crippen LogP contribution in [0.2, 0.25) is 0 Å². The zero-order valence-electron chi connectivity index (χ0n) is 11.6. The molecule has 2 rings (SSSR count). The van der Waals surface area contributed by atoms with Crippen molar-refractivity contribution in [1.82, 2.24) is 0 Å². The van der Waals surface area contributed by atoms with E-state index in [2.05, 4.69) is 24.3 Å². The Hall–Kier alpha value is -1.64. The molecule has 2 heteroatoms. The maximum atomic E-state index is 6.51. The third-order valence-electron chi connectivity index (χ3n) is 3.94. The summed E-state index contributed by atoms with van der Waals surface area (Å²) >= 11 is 0. The Morgan fingerprint density at radius 1 is 0.789 bits per heavy atom. The topological polar surface area (TPSA) is 52.0 Å². The average Bonchev–Trinajstić information content (AvgIpc) is 2.41. The number of rotatable bonds is 4. The van der Waals surface area contributed by atoms with Gasteiger partial charge < -0.3 is 11.5 Å². The van der Waals surface area contributed by atoms with Crippen LogP contribution < -0.4 is 11.5 Å². The third-order valence-corrected chi connectivity index (χ3v) is 3.94. The Morgan fingerprint density at radius 2 is 1.16 bits per heavy atom. The van der Waals surface area contributed by atoms with Gasteiger partial charge in [-0.05, 0) is 25.0 Å². The Balaban J connectivity index is 2.70. The van der Waals surface area contributed by atoms with Crippen molar-refractivity contribution in [3.63, 3.8) is 0 Å². The van der Waals surface area contributed by atoms with Gasteiger partial charge in [-0.1, -0.05) is 60.7 Å². The first kappa shape index (κ1) is 13.8. The molecule has 0 saturated heterocycles. The molecule has 19 heavy (non-hydrogen) atoms. The van der Waals surface area contributed by atoms with Gasteiger partial charge in [0, 0.05) is 17.5 Å². The van der Waals surface area contributed by atoms with E-state index in [-0.39, 0.29) is 5.41 Å². The SMILES string of the molecule is CC(C)(N)C(CN)(c1ccccc1)c1ccccc1. The van der Waals surface area contributed by atoms with E-state index >= 15 is 0 Å². The molecule has 0 atom stereocenters. The summed E-state index contributed by atoms with van der Waals surface area (Å²) in [5.74, 6) is 0. The lowest BCUT2D eigenvalue weighted by atomic mass is 9.63. The lowest BCUT2D eigenvalue weighted by molar-refractivity contribution is 0.314. The first-order chi connectivity index (χ1) is 9.02. The molecular weight excluding hydrogens is 232 g/mol. The van der Waals surface area contributed by atoms with Gasteiger partial charge in [0.25, 0.3) is 0 Å². The zero-order chi connectivity index (χ0) is 13.9. The maximum absolute atomic E-state index is 6.51. The van der Waals surface area contributed by atoms with Gasteiger partial charge >= 0.3 is 0 Å². The fourth-order valence-electron chi connectivity index (χ4n) is 2.85. The number of hydrogen-bond donors (Lipinski definition) is 2. The fraction of sp³-hybridized carbons (Fsp3) is 0.294. The van der Waals surface area contributed by atoms with Crippen LogP contribution in [0.25, 0.3) is 0 Å². The maximum Gasteiger partial charge on any atom is 0.0498 e. The van der Waals surface area contributed by atoms with Crippen LogP contribution in [-0.2, 0) is 5.41 Å². The van der Waals surface area contributed by atoms with Crippen molar-refractivity contribution in [3.05, 3.63) is 71.8 Å². The highest BCUT2D eigenvalue weighted by Crippen LogP contribution is 2.39. The average molecular weight is 254 g/mol. The molecule has 0 aliphatic carbocycles. The minimum Gasteiger partial charge on any atom is -0.329 e. The summed E-state index contributed by atoms with van der Waals surface area (Å²) in [4.78, 5) is 0. The van der Waals surface area contributed by atoms with E-state index in [0.29, 0.717) is 6.54 Å². The first-order valence-corrected chi connectivity index (χ1v) is 6.62. The number of benzene rings is 2. The smallest absolute Gasteiger partial charge is 0.0498 e. The summed E-state index contributed by atoms with van der Waals surface area (Å²) in [7, 11) is 0. The van der Waals surface area contributed by atoms with E-state index in [4.69, 9.17) is 11.5 Å². The van der Waals surface area contributed by atoms with E-state index in [1.54, 1.807) is 0 Å². The summed E-state index contributed by atoms with van der Waals surface area (Å²) in [6.07, 6.45) is 0. The molecule has 0 radical (unpaired) electrons. The van der Waals surface area contributed by atoms with Gasteiger partial charge in [-0.25, -0.2) is 0 Å². The van der Waals surface area contributed by atoms with Crippen LogP contribution in [0.4, 0.5) is 0 Å². The highest BCUT2D eigenvalue weighted by molar-refractivity contribution is 5.44. The molecule has 0 heterocycles. The molecule has 0 fully saturated rings. The molecule has 0 unspecified atom stereocenters. The third kappa shape index (κ3) is 2.29. The van der Waals surface area contributed by atoms with E-state index in [0.717, 1.165) is 11.1 Å². The van der Waals surface area contributed by atoms with E-state index in [9.17, 15) is 0 Å². The summed E-state index contributed by atoms with van der Waals surface area (Å²) in [5, 5.41) is 0. The Bertz CT molecular complexity index is 472. The molecule has 0 aromatic heterocycles. The molecule has 0 aliphatic rings. The van der Waals surface area contributed by atoms with Crippen LogP contribution in [0.3, 0.4) is 0 Å². The molecule has 0 spiro atoms. The molecule has 2 nitrogen and oxygen atoms in total.